The first-order chi connectivity index (χ1) is 12.1. The minimum atomic E-state index is 0.646. The molecule has 0 fully saturated rings. The zero-order valence-corrected chi connectivity index (χ0v) is 15.2. The van der Waals surface area contributed by atoms with E-state index in [0.29, 0.717) is 5.92 Å². The third-order valence-electron chi connectivity index (χ3n) is 4.28. The Bertz CT molecular complexity index is 875. The third-order valence-corrected chi connectivity index (χ3v) is 4.28. The number of aromatic nitrogens is 1. The van der Waals surface area contributed by atoms with Gasteiger partial charge in [-0.25, -0.2) is 0 Å². The molecule has 0 unspecified atom stereocenters. The Labute approximate surface area is 150 Å². The highest BCUT2D eigenvalue weighted by molar-refractivity contribution is 5.92. The van der Waals surface area contributed by atoms with E-state index in [2.05, 4.69) is 73.4 Å². The van der Waals surface area contributed by atoms with Crippen LogP contribution in [0.15, 0.2) is 54.7 Å². The Hall–Kier alpha value is -2.61. The molecule has 3 aromatic rings. The Morgan fingerprint density at radius 1 is 1.04 bits per heavy atom. The van der Waals surface area contributed by atoms with Gasteiger partial charge in [-0.15, -0.1) is 0 Å². The van der Waals surface area contributed by atoms with Gasteiger partial charge < -0.3 is 4.74 Å². The van der Waals surface area contributed by atoms with Crippen molar-refractivity contribution in [3.63, 3.8) is 0 Å². The second kappa shape index (κ2) is 7.98. The first-order valence-electron chi connectivity index (χ1n) is 8.89. The summed E-state index contributed by atoms with van der Waals surface area (Å²) < 4.78 is 5.94. The Morgan fingerprint density at radius 3 is 2.68 bits per heavy atom. The molecule has 0 bridgehead atoms. The van der Waals surface area contributed by atoms with Crippen molar-refractivity contribution in [3.05, 3.63) is 71.5 Å². The summed E-state index contributed by atoms with van der Waals surface area (Å²) in [6.45, 7) is 7.20. The molecule has 0 amide bonds. The monoisotopic (exact) mass is 331 g/mol. The lowest BCUT2D eigenvalue weighted by Gasteiger charge is -2.10. The molecular formula is C23H25NO. The van der Waals surface area contributed by atoms with E-state index >= 15 is 0 Å². The van der Waals surface area contributed by atoms with Crippen LogP contribution in [-0.4, -0.2) is 11.6 Å². The van der Waals surface area contributed by atoms with E-state index in [1.807, 2.05) is 19.2 Å². The molecule has 128 valence electrons. The van der Waals surface area contributed by atoms with Crippen molar-refractivity contribution in [1.82, 2.24) is 4.98 Å². The number of fused-ring (bicyclic) bond motifs is 1. The maximum Gasteiger partial charge on any atom is 0.125 e. The molecule has 0 N–H and O–H groups in total. The van der Waals surface area contributed by atoms with Crippen LogP contribution in [0.1, 0.15) is 37.1 Å². The molecule has 0 saturated heterocycles. The van der Waals surface area contributed by atoms with Gasteiger partial charge in [0.1, 0.15) is 5.75 Å². The number of hydrogen-bond donors (Lipinski definition) is 0. The highest BCUT2D eigenvalue weighted by Crippen LogP contribution is 2.22. The van der Waals surface area contributed by atoms with E-state index in [-0.39, 0.29) is 0 Å². The summed E-state index contributed by atoms with van der Waals surface area (Å²) in [6.07, 6.45) is 7.12. The Morgan fingerprint density at radius 2 is 1.84 bits per heavy atom. The number of nitrogens with zero attached hydrogens (tertiary/aromatic N) is 1. The molecule has 25 heavy (non-hydrogen) atoms. The van der Waals surface area contributed by atoms with Crippen molar-refractivity contribution in [2.75, 3.05) is 6.61 Å². The van der Waals surface area contributed by atoms with E-state index in [0.717, 1.165) is 30.0 Å². The molecule has 1 heterocycles. The van der Waals surface area contributed by atoms with Crippen molar-refractivity contribution < 1.29 is 4.74 Å². The lowest BCUT2D eigenvalue weighted by molar-refractivity contribution is 0.287. The highest BCUT2D eigenvalue weighted by Gasteiger charge is 2.03. The largest absolute Gasteiger partial charge is 0.493 e. The van der Waals surface area contributed by atoms with Crippen LogP contribution in [0.5, 0.6) is 5.75 Å². The van der Waals surface area contributed by atoms with E-state index in [1.54, 1.807) is 0 Å². The first-order valence-corrected chi connectivity index (χ1v) is 8.89. The summed E-state index contributed by atoms with van der Waals surface area (Å²) in [5.41, 5.74) is 3.19. The van der Waals surface area contributed by atoms with Gasteiger partial charge in [-0.3, -0.25) is 4.98 Å². The lowest BCUT2D eigenvalue weighted by atomic mass is 10.0. The molecule has 0 atom stereocenters. The fourth-order valence-corrected chi connectivity index (χ4v) is 2.74. The first kappa shape index (κ1) is 17.2. The van der Waals surface area contributed by atoms with E-state index in [1.165, 1.54) is 16.3 Å². The van der Waals surface area contributed by atoms with E-state index < -0.39 is 0 Å². The number of aryl methyl sites for hydroxylation is 1. The van der Waals surface area contributed by atoms with Gasteiger partial charge in [0, 0.05) is 17.8 Å². The van der Waals surface area contributed by atoms with Gasteiger partial charge in [-0.2, -0.15) is 0 Å². The fraction of sp³-hybridized carbons (Fsp3) is 0.261. The summed E-state index contributed by atoms with van der Waals surface area (Å²) in [5, 5.41) is 2.50. The van der Waals surface area contributed by atoms with E-state index in [4.69, 9.17) is 4.74 Å². The Balaban J connectivity index is 1.81. The van der Waals surface area contributed by atoms with Crippen LogP contribution in [0.2, 0.25) is 0 Å². The number of benzene rings is 2. The molecule has 0 aliphatic rings. The molecule has 0 spiro atoms. The van der Waals surface area contributed by atoms with Crippen molar-refractivity contribution in [3.8, 4) is 5.75 Å². The smallest absolute Gasteiger partial charge is 0.125 e. The minimum Gasteiger partial charge on any atom is -0.493 e. The predicted molar refractivity (Wildman–Crippen MR) is 107 cm³/mol. The van der Waals surface area contributed by atoms with Crippen molar-refractivity contribution in [2.24, 2.45) is 5.92 Å². The third kappa shape index (κ3) is 4.48. The number of hydrogen-bond acceptors (Lipinski definition) is 2. The van der Waals surface area contributed by atoms with Crippen molar-refractivity contribution in [1.29, 1.82) is 0 Å². The van der Waals surface area contributed by atoms with Crippen LogP contribution in [0.25, 0.3) is 22.9 Å². The average Bonchev–Trinajstić information content (AvgIpc) is 2.62. The summed E-state index contributed by atoms with van der Waals surface area (Å²) in [7, 11) is 0. The molecule has 1 aromatic heterocycles. The molecule has 0 radical (unpaired) electrons. The topological polar surface area (TPSA) is 22.1 Å². The molecule has 2 aromatic carbocycles. The molecule has 2 nitrogen and oxygen atoms in total. The second-order valence-corrected chi connectivity index (χ2v) is 6.81. The predicted octanol–water partition coefficient (Wildman–Crippen LogP) is 6.14. The molecule has 2 heteroatoms. The van der Waals surface area contributed by atoms with Crippen molar-refractivity contribution in [2.45, 2.75) is 27.2 Å². The number of rotatable bonds is 6. The highest BCUT2D eigenvalue weighted by atomic mass is 16.5. The summed E-state index contributed by atoms with van der Waals surface area (Å²) in [6, 6.07) is 16.8. The number of ether oxygens (including phenoxy) is 1. The molecule has 3 rings (SSSR count). The van der Waals surface area contributed by atoms with Crippen LogP contribution >= 0.6 is 0 Å². The molecule has 0 aliphatic heterocycles. The lowest BCUT2D eigenvalue weighted by Crippen LogP contribution is -2.03. The SMILES string of the molecule is Cc1cnc(/C=C\c2cccc3ccccc23)cc1OCCC(C)C. The van der Waals surface area contributed by atoms with Gasteiger partial charge in [-0.1, -0.05) is 62.4 Å². The van der Waals surface area contributed by atoms with Crippen LogP contribution < -0.4 is 4.74 Å². The molecule has 0 saturated carbocycles. The van der Waals surface area contributed by atoms with Gasteiger partial charge in [0.25, 0.3) is 0 Å². The van der Waals surface area contributed by atoms with Gasteiger partial charge in [0.15, 0.2) is 0 Å². The van der Waals surface area contributed by atoms with Crippen LogP contribution in [0.3, 0.4) is 0 Å². The zero-order chi connectivity index (χ0) is 17.6. The van der Waals surface area contributed by atoms with Crippen molar-refractivity contribution >= 4 is 22.9 Å². The maximum atomic E-state index is 5.94. The van der Waals surface area contributed by atoms with Gasteiger partial charge in [0.05, 0.1) is 12.3 Å². The quantitative estimate of drug-likeness (QED) is 0.541. The van der Waals surface area contributed by atoms with Gasteiger partial charge in [0.2, 0.25) is 0 Å². The van der Waals surface area contributed by atoms with Gasteiger partial charge >= 0.3 is 0 Å². The summed E-state index contributed by atoms with van der Waals surface area (Å²) in [5.74, 6) is 1.57. The molecular weight excluding hydrogens is 306 g/mol. The minimum absolute atomic E-state index is 0.646. The standard InChI is InChI=1S/C23H25NO/c1-17(2)13-14-25-23-15-21(24-16-18(23)3)12-11-20-9-6-8-19-7-4-5-10-22(19)20/h4-12,15-17H,13-14H2,1-3H3/b12-11-. The Kier molecular flexibility index (Phi) is 5.49. The fourth-order valence-electron chi connectivity index (χ4n) is 2.74. The van der Waals surface area contributed by atoms with Crippen LogP contribution in [-0.2, 0) is 0 Å². The summed E-state index contributed by atoms with van der Waals surface area (Å²) in [4.78, 5) is 4.51. The van der Waals surface area contributed by atoms with E-state index in [9.17, 15) is 0 Å². The average molecular weight is 331 g/mol. The van der Waals surface area contributed by atoms with Crippen LogP contribution in [0, 0.1) is 12.8 Å². The molecule has 0 aliphatic carbocycles. The number of pyridine rings is 1. The summed E-state index contributed by atoms with van der Waals surface area (Å²) >= 11 is 0. The maximum absolute atomic E-state index is 5.94. The zero-order valence-electron chi connectivity index (χ0n) is 15.2. The van der Waals surface area contributed by atoms with Gasteiger partial charge in [-0.05, 0) is 41.7 Å². The van der Waals surface area contributed by atoms with Crippen LogP contribution in [0.4, 0.5) is 0 Å². The normalized spacial score (nSPS) is 11.5. The second-order valence-electron chi connectivity index (χ2n) is 6.81.